The number of primary sulfonamides is 1. The van der Waals surface area contributed by atoms with Gasteiger partial charge in [-0.3, -0.25) is 4.79 Å². The average Bonchev–Trinajstić information content (AvgIpc) is 3.22. The number of nitrogens with one attached hydrogen (secondary N) is 1. The summed E-state index contributed by atoms with van der Waals surface area (Å²) in [7, 11) is -4.50. The Balaban J connectivity index is 2.07. The first-order valence-corrected chi connectivity index (χ1v) is 12.9. The highest BCUT2D eigenvalue weighted by atomic mass is 35.5. The maximum atomic E-state index is 13.2. The van der Waals surface area contributed by atoms with Crippen molar-refractivity contribution in [2.24, 2.45) is 11.1 Å². The smallest absolute Gasteiger partial charge is 0.352 e. The van der Waals surface area contributed by atoms with Gasteiger partial charge in [-0.05, 0) is 24.1 Å². The third-order valence-corrected chi connectivity index (χ3v) is 6.58. The van der Waals surface area contributed by atoms with E-state index in [0.29, 0.717) is 16.1 Å². The number of hydrogen-bond acceptors (Lipinski definition) is 5. The molecule has 3 N–H and O–H groups in total. The molecule has 2 aromatic carbocycles. The Morgan fingerprint density at radius 1 is 1.11 bits per heavy atom. The van der Waals surface area contributed by atoms with Crippen LogP contribution in [0.3, 0.4) is 0 Å². The number of halogens is 4. The summed E-state index contributed by atoms with van der Waals surface area (Å²) in [6.07, 6.45) is -3.21. The topological polar surface area (TPSA) is 119 Å². The zero-order valence-corrected chi connectivity index (χ0v) is 21.1. The molecule has 8 nitrogen and oxygen atoms in total. The van der Waals surface area contributed by atoms with Crippen LogP contribution in [0.5, 0.6) is 0 Å². The molecule has 0 unspecified atom stereocenters. The predicted molar refractivity (Wildman–Crippen MR) is 132 cm³/mol. The molecular formula is C24H21ClF3N5O3S. The van der Waals surface area contributed by atoms with E-state index in [1.807, 2.05) is 13.8 Å². The van der Waals surface area contributed by atoms with E-state index in [1.165, 1.54) is 18.3 Å². The molecule has 2 aromatic heterocycles. The van der Waals surface area contributed by atoms with Gasteiger partial charge in [-0.25, -0.2) is 23.1 Å². The minimum absolute atomic E-state index is 0.0613. The standard InChI is InChI=1S/C24H21ClF3N5O3S/c1-13(2)11-31-22(34)19-21-30-12-17(16-5-3-4-6-18(16)25)20(33(21)32-23(19)37(29,35)36)14-7-9-15(10-8-14)24(26,27)28/h3-10,12-13H,11H2,1-2H3,(H,31,34)(H2,29,35,36). The summed E-state index contributed by atoms with van der Waals surface area (Å²) in [6.45, 7) is 3.95. The first-order chi connectivity index (χ1) is 17.3. The van der Waals surface area contributed by atoms with Gasteiger partial charge in [0.2, 0.25) is 5.03 Å². The van der Waals surface area contributed by atoms with Gasteiger partial charge < -0.3 is 5.32 Å². The lowest BCUT2D eigenvalue weighted by molar-refractivity contribution is -0.137. The fourth-order valence-corrected chi connectivity index (χ4v) is 4.62. The van der Waals surface area contributed by atoms with Crippen LogP contribution in [0.2, 0.25) is 5.02 Å². The van der Waals surface area contributed by atoms with Crippen molar-refractivity contribution in [3.05, 3.63) is 70.9 Å². The van der Waals surface area contributed by atoms with Gasteiger partial charge in [-0.2, -0.15) is 18.3 Å². The number of sulfonamides is 1. The van der Waals surface area contributed by atoms with Gasteiger partial charge in [0.05, 0.1) is 11.3 Å². The summed E-state index contributed by atoms with van der Waals surface area (Å²) in [5.74, 6) is -0.699. The number of carbonyl (C=O) groups excluding carboxylic acids is 1. The number of fused-ring (bicyclic) bond motifs is 1. The van der Waals surface area contributed by atoms with Crippen LogP contribution in [0.1, 0.15) is 29.8 Å². The summed E-state index contributed by atoms with van der Waals surface area (Å²) in [5.41, 5.74) is -0.173. The van der Waals surface area contributed by atoms with Crippen LogP contribution in [0.25, 0.3) is 28.0 Å². The Kier molecular flexibility index (Phi) is 7.01. The van der Waals surface area contributed by atoms with Crippen LogP contribution in [-0.2, 0) is 16.2 Å². The molecule has 0 saturated heterocycles. The summed E-state index contributed by atoms with van der Waals surface area (Å²) in [5, 5.41) is 11.7. The lowest BCUT2D eigenvalue weighted by atomic mass is 9.99. The van der Waals surface area contributed by atoms with Gasteiger partial charge >= 0.3 is 6.18 Å². The highest BCUT2D eigenvalue weighted by Crippen LogP contribution is 2.38. The van der Waals surface area contributed by atoms with E-state index in [-0.39, 0.29) is 34.9 Å². The Hall–Kier alpha value is -3.48. The van der Waals surface area contributed by atoms with Crippen LogP contribution < -0.4 is 10.5 Å². The zero-order valence-electron chi connectivity index (χ0n) is 19.5. The number of carbonyl (C=O) groups is 1. The molecule has 37 heavy (non-hydrogen) atoms. The number of amides is 1. The molecular weight excluding hydrogens is 531 g/mol. The molecule has 4 aromatic rings. The molecule has 0 fully saturated rings. The molecule has 1 amide bonds. The van der Waals surface area contributed by atoms with Crippen LogP contribution in [0.4, 0.5) is 13.2 Å². The second kappa shape index (κ2) is 9.77. The van der Waals surface area contributed by atoms with E-state index in [1.54, 1.807) is 24.3 Å². The Morgan fingerprint density at radius 3 is 2.32 bits per heavy atom. The summed E-state index contributed by atoms with van der Waals surface area (Å²) in [4.78, 5) is 17.3. The molecule has 13 heteroatoms. The zero-order chi connectivity index (χ0) is 27.1. The molecule has 0 aliphatic carbocycles. The Labute approximate surface area is 215 Å². The fraction of sp³-hybridized carbons (Fsp3) is 0.208. The van der Waals surface area contributed by atoms with Crippen molar-refractivity contribution >= 4 is 33.2 Å². The van der Waals surface area contributed by atoms with Gasteiger partial charge in [0.15, 0.2) is 5.65 Å². The number of nitrogens with two attached hydrogens (primary N) is 1. The molecule has 0 saturated carbocycles. The van der Waals surface area contributed by atoms with Crippen LogP contribution in [0.15, 0.2) is 59.8 Å². The fourth-order valence-electron chi connectivity index (χ4n) is 3.72. The minimum Gasteiger partial charge on any atom is -0.352 e. The highest BCUT2D eigenvalue weighted by Gasteiger charge is 2.32. The van der Waals surface area contributed by atoms with E-state index >= 15 is 0 Å². The molecule has 0 aliphatic heterocycles. The number of hydrogen-bond donors (Lipinski definition) is 2. The van der Waals surface area contributed by atoms with Gasteiger partial charge in [-0.15, -0.1) is 0 Å². The maximum absolute atomic E-state index is 13.2. The van der Waals surface area contributed by atoms with Crippen molar-refractivity contribution in [2.45, 2.75) is 25.0 Å². The quantitative estimate of drug-likeness (QED) is 0.358. The molecule has 0 aliphatic rings. The third-order valence-electron chi connectivity index (χ3n) is 5.43. The highest BCUT2D eigenvalue weighted by molar-refractivity contribution is 7.89. The SMILES string of the molecule is CC(C)CNC(=O)c1c(S(N)(=O)=O)nn2c(-c3ccc(C(F)(F)F)cc3)c(-c3ccccc3Cl)cnc12. The Morgan fingerprint density at radius 2 is 1.76 bits per heavy atom. The van der Waals surface area contributed by atoms with Crippen LogP contribution in [0, 0.1) is 5.92 Å². The number of nitrogens with zero attached hydrogens (tertiary/aromatic N) is 3. The van der Waals surface area contributed by atoms with Crippen molar-refractivity contribution in [3.63, 3.8) is 0 Å². The lowest BCUT2D eigenvalue weighted by Gasteiger charge is -2.14. The average molecular weight is 552 g/mol. The normalized spacial score (nSPS) is 12.3. The summed E-state index contributed by atoms with van der Waals surface area (Å²) in [6, 6.07) is 10.9. The predicted octanol–water partition coefficient (Wildman–Crippen LogP) is 4.77. The molecule has 4 rings (SSSR count). The first-order valence-electron chi connectivity index (χ1n) is 10.9. The van der Waals surface area contributed by atoms with Crippen molar-refractivity contribution in [1.29, 1.82) is 0 Å². The number of benzene rings is 2. The Bertz CT molecular complexity index is 1600. The van der Waals surface area contributed by atoms with Gasteiger partial charge in [-0.1, -0.05) is 55.8 Å². The van der Waals surface area contributed by atoms with Crippen molar-refractivity contribution in [1.82, 2.24) is 19.9 Å². The lowest BCUT2D eigenvalue weighted by Crippen LogP contribution is -2.29. The van der Waals surface area contributed by atoms with E-state index in [2.05, 4.69) is 15.4 Å². The van der Waals surface area contributed by atoms with Gasteiger partial charge in [0.1, 0.15) is 5.56 Å². The number of rotatable bonds is 6. The second-order valence-electron chi connectivity index (χ2n) is 8.64. The van der Waals surface area contributed by atoms with Crippen molar-refractivity contribution in [2.75, 3.05) is 6.54 Å². The van der Waals surface area contributed by atoms with Crippen molar-refractivity contribution < 1.29 is 26.4 Å². The van der Waals surface area contributed by atoms with Crippen molar-refractivity contribution in [3.8, 4) is 22.4 Å². The molecule has 2 heterocycles. The first kappa shape index (κ1) is 26.6. The molecule has 0 spiro atoms. The largest absolute Gasteiger partial charge is 0.416 e. The van der Waals surface area contributed by atoms with E-state index in [9.17, 15) is 26.4 Å². The van der Waals surface area contributed by atoms with Gasteiger partial charge in [0, 0.05) is 34.5 Å². The van der Waals surface area contributed by atoms with E-state index < -0.39 is 32.7 Å². The molecule has 0 bridgehead atoms. The number of alkyl halides is 3. The second-order valence-corrected chi connectivity index (χ2v) is 10.5. The number of aromatic nitrogens is 3. The van der Waals surface area contributed by atoms with Crippen LogP contribution in [-0.4, -0.2) is 35.5 Å². The molecule has 0 atom stereocenters. The van der Waals surface area contributed by atoms with E-state index in [4.69, 9.17) is 16.7 Å². The monoisotopic (exact) mass is 551 g/mol. The molecule has 0 radical (unpaired) electrons. The van der Waals surface area contributed by atoms with E-state index in [0.717, 1.165) is 16.6 Å². The minimum atomic E-state index is -4.56. The molecule has 194 valence electrons. The third kappa shape index (κ3) is 5.31. The summed E-state index contributed by atoms with van der Waals surface area (Å²) >= 11 is 6.40. The van der Waals surface area contributed by atoms with Gasteiger partial charge in [0.25, 0.3) is 15.9 Å². The summed E-state index contributed by atoms with van der Waals surface area (Å²) < 4.78 is 65.6. The van der Waals surface area contributed by atoms with Crippen LogP contribution >= 0.6 is 11.6 Å². The maximum Gasteiger partial charge on any atom is 0.416 e.